The fraction of sp³-hybridized carbons (Fsp3) is 0.300. The van der Waals surface area contributed by atoms with Crippen LogP contribution in [-0.4, -0.2) is 47.3 Å². The van der Waals surface area contributed by atoms with Crippen LogP contribution in [0.5, 0.6) is 0 Å². The molecule has 0 saturated heterocycles. The minimum absolute atomic E-state index is 0.0596. The average Bonchev–Trinajstić information content (AvgIpc) is 2.99. The summed E-state index contributed by atoms with van der Waals surface area (Å²) in [6.07, 6.45) is 0. The predicted octanol–water partition coefficient (Wildman–Crippen LogP) is 3.09. The molecule has 1 aromatic carbocycles. The van der Waals surface area contributed by atoms with E-state index in [1.807, 2.05) is 69.2 Å². The summed E-state index contributed by atoms with van der Waals surface area (Å²) in [4.78, 5) is 16.3. The van der Waals surface area contributed by atoms with Gasteiger partial charge in [0.05, 0.1) is 17.9 Å². The van der Waals surface area contributed by atoms with Crippen LogP contribution in [-0.2, 0) is 6.54 Å². The lowest BCUT2D eigenvalue weighted by atomic mass is 10.1. The van der Waals surface area contributed by atoms with Crippen LogP contribution in [0.15, 0.2) is 40.9 Å². The molecule has 0 N–H and O–H groups in total. The van der Waals surface area contributed by atoms with Crippen LogP contribution in [0.1, 0.15) is 27.4 Å². The molecule has 140 valence electrons. The number of hydrogen-bond acceptors (Lipinski definition) is 6. The van der Waals surface area contributed by atoms with Gasteiger partial charge in [0.15, 0.2) is 5.82 Å². The Balaban J connectivity index is 1.73. The Kier molecular flexibility index (Phi) is 5.21. The zero-order valence-corrected chi connectivity index (χ0v) is 16.2. The Labute approximate surface area is 158 Å². The Morgan fingerprint density at radius 1 is 1.00 bits per heavy atom. The number of aryl methyl sites for hydroxylation is 2. The quantitative estimate of drug-likeness (QED) is 0.692. The van der Waals surface area contributed by atoms with Gasteiger partial charge in [-0.2, -0.15) is 0 Å². The van der Waals surface area contributed by atoms with Crippen molar-refractivity contribution < 1.29 is 9.32 Å². The number of rotatable bonds is 5. The summed E-state index contributed by atoms with van der Waals surface area (Å²) in [7, 11) is 5.61. The molecule has 2 aromatic heterocycles. The number of nitrogens with zero attached hydrogens (tertiary/aromatic N) is 5. The summed E-state index contributed by atoms with van der Waals surface area (Å²) in [5, 5.41) is 12.4. The lowest BCUT2D eigenvalue weighted by Gasteiger charge is -2.17. The maximum Gasteiger partial charge on any atom is 0.253 e. The van der Waals surface area contributed by atoms with E-state index in [2.05, 4.69) is 15.4 Å². The van der Waals surface area contributed by atoms with Crippen molar-refractivity contribution in [1.29, 1.82) is 0 Å². The lowest BCUT2D eigenvalue weighted by molar-refractivity contribution is 0.0784. The number of hydrogen-bond donors (Lipinski definition) is 0. The normalized spacial score (nSPS) is 10.7. The van der Waals surface area contributed by atoms with Gasteiger partial charge in [-0.25, -0.2) is 0 Å². The van der Waals surface area contributed by atoms with Gasteiger partial charge in [-0.15, -0.1) is 10.2 Å². The van der Waals surface area contributed by atoms with Gasteiger partial charge in [0.25, 0.3) is 5.91 Å². The molecule has 0 aliphatic carbocycles. The van der Waals surface area contributed by atoms with Crippen molar-refractivity contribution in [2.24, 2.45) is 0 Å². The number of carbonyl (C=O) groups is 1. The smallest absolute Gasteiger partial charge is 0.253 e. The third-order valence-electron chi connectivity index (χ3n) is 4.46. The van der Waals surface area contributed by atoms with Crippen molar-refractivity contribution in [3.05, 3.63) is 59.0 Å². The molecule has 0 unspecified atom stereocenters. The monoisotopic (exact) mass is 365 g/mol. The molecular weight excluding hydrogens is 342 g/mol. The highest BCUT2D eigenvalue weighted by atomic mass is 16.5. The molecule has 0 atom stereocenters. The van der Waals surface area contributed by atoms with Gasteiger partial charge in [0.2, 0.25) is 0 Å². The zero-order chi connectivity index (χ0) is 19.6. The first kappa shape index (κ1) is 18.6. The van der Waals surface area contributed by atoms with Gasteiger partial charge in [0, 0.05) is 37.8 Å². The molecule has 0 radical (unpaired) electrons. The van der Waals surface area contributed by atoms with Crippen LogP contribution < -0.4 is 4.90 Å². The van der Waals surface area contributed by atoms with Crippen LogP contribution in [0.25, 0.3) is 11.3 Å². The molecule has 1 amide bonds. The van der Waals surface area contributed by atoms with Crippen LogP contribution in [0.2, 0.25) is 0 Å². The van der Waals surface area contributed by atoms with Crippen molar-refractivity contribution in [1.82, 2.24) is 20.3 Å². The van der Waals surface area contributed by atoms with Gasteiger partial charge >= 0.3 is 0 Å². The Hall–Kier alpha value is -3.22. The van der Waals surface area contributed by atoms with Crippen LogP contribution >= 0.6 is 0 Å². The first-order chi connectivity index (χ1) is 12.9. The summed E-state index contributed by atoms with van der Waals surface area (Å²) in [5.74, 6) is 1.48. The van der Waals surface area contributed by atoms with E-state index in [4.69, 9.17) is 4.52 Å². The molecule has 27 heavy (non-hydrogen) atoms. The molecule has 2 heterocycles. The second-order valence-electron chi connectivity index (χ2n) is 6.71. The summed E-state index contributed by atoms with van der Waals surface area (Å²) in [5.41, 5.74) is 4.05. The highest BCUT2D eigenvalue weighted by molar-refractivity contribution is 5.94. The SMILES string of the molecule is Cc1noc(C)c1CN(C)C(=O)c1ccc(-c2ccc(N(C)C)nn2)cc1. The van der Waals surface area contributed by atoms with Crippen molar-refractivity contribution >= 4 is 11.7 Å². The maximum atomic E-state index is 12.7. The summed E-state index contributed by atoms with van der Waals surface area (Å²) < 4.78 is 5.17. The van der Waals surface area contributed by atoms with Crippen molar-refractivity contribution in [2.75, 3.05) is 26.0 Å². The Bertz CT molecular complexity index is 911. The maximum absolute atomic E-state index is 12.7. The van der Waals surface area contributed by atoms with E-state index in [9.17, 15) is 4.79 Å². The molecule has 3 rings (SSSR count). The Morgan fingerprint density at radius 3 is 2.22 bits per heavy atom. The van der Waals surface area contributed by atoms with Crippen LogP contribution in [0.3, 0.4) is 0 Å². The standard InChI is InChI=1S/C20H23N5O2/c1-13-17(14(2)27-23-13)12-25(5)20(26)16-8-6-15(7-9-16)18-10-11-19(22-21-18)24(3)4/h6-11H,12H2,1-5H3. The summed E-state index contributed by atoms with van der Waals surface area (Å²) >= 11 is 0. The van der Waals surface area contributed by atoms with Crippen LogP contribution in [0.4, 0.5) is 5.82 Å². The van der Waals surface area contributed by atoms with Crippen LogP contribution in [0, 0.1) is 13.8 Å². The highest BCUT2D eigenvalue weighted by Gasteiger charge is 2.17. The molecule has 0 saturated carbocycles. The number of benzene rings is 1. The molecular formula is C20H23N5O2. The number of amides is 1. The van der Waals surface area contributed by atoms with Gasteiger partial charge in [0.1, 0.15) is 5.76 Å². The van der Waals surface area contributed by atoms with Crippen molar-refractivity contribution in [3.63, 3.8) is 0 Å². The predicted molar refractivity (Wildman–Crippen MR) is 104 cm³/mol. The lowest BCUT2D eigenvalue weighted by Crippen LogP contribution is -2.26. The van der Waals surface area contributed by atoms with E-state index in [0.717, 1.165) is 34.1 Å². The van der Waals surface area contributed by atoms with Gasteiger partial charge in [-0.3, -0.25) is 4.79 Å². The van der Waals surface area contributed by atoms with Crippen molar-refractivity contribution in [2.45, 2.75) is 20.4 Å². The Morgan fingerprint density at radius 2 is 1.70 bits per heavy atom. The molecule has 0 spiro atoms. The molecule has 7 heteroatoms. The molecule has 0 fully saturated rings. The van der Waals surface area contributed by atoms with Gasteiger partial charge in [-0.05, 0) is 38.1 Å². The molecule has 0 aliphatic heterocycles. The number of carbonyl (C=O) groups excluding carboxylic acids is 1. The third kappa shape index (κ3) is 3.97. The van der Waals surface area contributed by atoms with Crippen molar-refractivity contribution in [3.8, 4) is 11.3 Å². The molecule has 0 bridgehead atoms. The van der Waals surface area contributed by atoms with E-state index < -0.39 is 0 Å². The van der Waals surface area contributed by atoms with E-state index in [1.165, 1.54) is 0 Å². The minimum atomic E-state index is -0.0596. The first-order valence-electron chi connectivity index (χ1n) is 8.65. The van der Waals surface area contributed by atoms with E-state index in [0.29, 0.717) is 12.1 Å². The van der Waals surface area contributed by atoms with Gasteiger partial charge in [-0.1, -0.05) is 17.3 Å². The average molecular weight is 365 g/mol. The molecule has 3 aromatic rings. The van der Waals surface area contributed by atoms with Gasteiger partial charge < -0.3 is 14.3 Å². The van der Waals surface area contributed by atoms with E-state index in [1.54, 1.807) is 11.9 Å². The fourth-order valence-electron chi connectivity index (χ4n) is 2.76. The first-order valence-corrected chi connectivity index (χ1v) is 8.65. The number of anilines is 1. The van der Waals surface area contributed by atoms with E-state index >= 15 is 0 Å². The van der Waals surface area contributed by atoms with E-state index in [-0.39, 0.29) is 5.91 Å². The number of aromatic nitrogens is 3. The highest BCUT2D eigenvalue weighted by Crippen LogP contribution is 2.20. The minimum Gasteiger partial charge on any atom is -0.361 e. The topological polar surface area (TPSA) is 75.4 Å². The second kappa shape index (κ2) is 7.57. The molecule has 7 nitrogen and oxygen atoms in total. The fourth-order valence-corrected chi connectivity index (χ4v) is 2.76. The molecule has 0 aliphatic rings. The largest absolute Gasteiger partial charge is 0.361 e. The third-order valence-corrected chi connectivity index (χ3v) is 4.46. The summed E-state index contributed by atoms with van der Waals surface area (Å²) in [6, 6.07) is 11.2. The zero-order valence-electron chi connectivity index (χ0n) is 16.2. The summed E-state index contributed by atoms with van der Waals surface area (Å²) in [6.45, 7) is 4.19. The second-order valence-corrected chi connectivity index (χ2v) is 6.71.